The van der Waals surface area contributed by atoms with Crippen LogP contribution in [0.4, 0.5) is 0 Å². The van der Waals surface area contributed by atoms with Gasteiger partial charge in [0, 0.05) is 6.61 Å². The molecule has 4 N–H and O–H groups in total. The molecular weight excluding hydrogens is 287 g/mol. The van der Waals surface area contributed by atoms with Crippen LogP contribution in [-0.4, -0.2) is 64.3 Å². The van der Waals surface area contributed by atoms with Crippen LogP contribution in [0.15, 0.2) is 0 Å². The third kappa shape index (κ3) is 7.24. The molecule has 1 aliphatic heterocycles. The van der Waals surface area contributed by atoms with Gasteiger partial charge in [-0.15, -0.1) is 0 Å². The van der Waals surface area contributed by atoms with Crippen LogP contribution in [0.25, 0.3) is 0 Å². The minimum absolute atomic E-state index is 0. The van der Waals surface area contributed by atoms with E-state index in [9.17, 15) is 15.3 Å². The number of ether oxygens (including phenoxy) is 2. The second-order valence-electron chi connectivity index (χ2n) is 5.34. The van der Waals surface area contributed by atoms with Crippen LogP contribution in [0.3, 0.4) is 0 Å². The Hall–Kier alpha value is 0.760. The molecule has 0 spiro atoms. The van der Waals surface area contributed by atoms with Gasteiger partial charge in [-0.3, -0.25) is 0 Å². The van der Waals surface area contributed by atoms with Crippen molar-refractivity contribution in [1.82, 2.24) is 0 Å². The predicted molar refractivity (Wildman–Crippen MR) is 74.2 cm³/mol. The standard InChI is InChI=1S/C14H28O6.Na.H/c1-2-3-4-5-6-7-8-19-14-13(18)12(17)11(16)10(9-15)20-14;;/h10-18H,2-9H2,1H3;;/q;+1;-1/t10-,11+,12+,13-,14+;;/m1../s1. The van der Waals surface area contributed by atoms with Gasteiger partial charge in [-0.2, -0.15) is 0 Å². The Morgan fingerprint density at radius 2 is 1.57 bits per heavy atom. The van der Waals surface area contributed by atoms with Crippen molar-refractivity contribution >= 4 is 0 Å². The molecular formula is C14H29NaO6. The van der Waals surface area contributed by atoms with E-state index in [2.05, 4.69) is 6.92 Å². The molecule has 6 nitrogen and oxygen atoms in total. The summed E-state index contributed by atoms with van der Waals surface area (Å²) in [5.74, 6) is 0. The van der Waals surface area contributed by atoms with Crippen LogP contribution in [0, 0.1) is 0 Å². The fourth-order valence-corrected chi connectivity index (χ4v) is 2.29. The smallest absolute Gasteiger partial charge is 1.00 e. The van der Waals surface area contributed by atoms with E-state index in [0.717, 1.165) is 19.3 Å². The van der Waals surface area contributed by atoms with Crippen molar-refractivity contribution < 1.29 is 60.9 Å². The van der Waals surface area contributed by atoms with Gasteiger partial charge in [0.2, 0.25) is 0 Å². The minimum Gasteiger partial charge on any atom is -1.00 e. The van der Waals surface area contributed by atoms with E-state index in [0.29, 0.717) is 6.61 Å². The number of hydrogen-bond acceptors (Lipinski definition) is 6. The van der Waals surface area contributed by atoms with Gasteiger partial charge in [-0.25, -0.2) is 0 Å². The zero-order valence-electron chi connectivity index (χ0n) is 14.1. The van der Waals surface area contributed by atoms with Crippen molar-refractivity contribution in [1.29, 1.82) is 0 Å². The Morgan fingerprint density at radius 3 is 2.19 bits per heavy atom. The third-order valence-corrected chi connectivity index (χ3v) is 3.63. The topological polar surface area (TPSA) is 99.4 Å². The summed E-state index contributed by atoms with van der Waals surface area (Å²) < 4.78 is 10.6. The van der Waals surface area contributed by atoms with Crippen LogP contribution < -0.4 is 29.6 Å². The van der Waals surface area contributed by atoms with Gasteiger partial charge in [0.1, 0.15) is 24.4 Å². The summed E-state index contributed by atoms with van der Waals surface area (Å²) in [5.41, 5.74) is 0. The first kappa shape index (κ1) is 21.8. The molecule has 1 saturated heterocycles. The van der Waals surface area contributed by atoms with E-state index in [1.54, 1.807) is 0 Å². The Morgan fingerprint density at radius 1 is 0.952 bits per heavy atom. The SMILES string of the molecule is CCCCCCCCO[C@H]1O[C@H](CO)[C@H](O)[C@H](O)[C@H]1O.[H-].[Na+]. The molecule has 0 aromatic rings. The maximum Gasteiger partial charge on any atom is 1.00 e. The van der Waals surface area contributed by atoms with Crippen molar-refractivity contribution in [3.63, 3.8) is 0 Å². The van der Waals surface area contributed by atoms with Gasteiger partial charge < -0.3 is 31.3 Å². The summed E-state index contributed by atoms with van der Waals surface area (Å²) >= 11 is 0. The minimum atomic E-state index is -1.37. The number of aliphatic hydroxyl groups is 4. The monoisotopic (exact) mass is 316 g/mol. The number of unbranched alkanes of at least 4 members (excludes halogenated alkanes) is 5. The number of aliphatic hydroxyl groups excluding tert-OH is 4. The summed E-state index contributed by atoms with van der Waals surface area (Å²) in [7, 11) is 0. The van der Waals surface area contributed by atoms with E-state index in [1.165, 1.54) is 19.3 Å². The van der Waals surface area contributed by atoms with Gasteiger partial charge in [-0.05, 0) is 6.42 Å². The second kappa shape index (κ2) is 12.2. The molecule has 1 rings (SSSR count). The van der Waals surface area contributed by atoms with Crippen LogP contribution >= 0.6 is 0 Å². The first-order chi connectivity index (χ1) is 9.61. The van der Waals surface area contributed by atoms with Crippen LogP contribution in [-0.2, 0) is 9.47 Å². The molecule has 0 unspecified atom stereocenters. The Bertz CT molecular complexity index is 259. The fourth-order valence-electron chi connectivity index (χ4n) is 2.29. The zero-order valence-corrected chi connectivity index (χ0v) is 15.1. The molecule has 0 radical (unpaired) electrons. The van der Waals surface area contributed by atoms with E-state index >= 15 is 0 Å². The van der Waals surface area contributed by atoms with Gasteiger partial charge in [0.25, 0.3) is 0 Å². The molecule has 0 aromatic carbocycles. The molecule has 0 aliphatic carbocycles. The van der Waals surface area contributed by atoms with Gasteiger partial charge in [0.05, 0.1) is 6.61 Å². The second-order valence-corrected chi connectivity index (χ2v) is 5.34. The third-order valence-electron chi connectivity index (χ3n) is 3.63. The normalized spacial score (nSPS) is 32.7. The molecule has 0 bridgehead atoms. The first-order valence-corrected chi connectivity index (χ1v) is 7.54. The largest absolute Gasteiger partial charge is 1.00 e. The van der Waals surface area contributed by atoms with Crippen molar-refractivity contribution in [2.75, 3.05) is 13.2 Å². The van der Waals surface area contributed by atoms with Crippen molar-refractivity contribution in [3.05, 3.63) is 0 Å². The number of rotatable bonds is 9. The predicted octanol–water partition coefficient (Wildman–Crippen LogP) is -2.72. The van der Waals surface area contributed by atoms with E-state index in [1.807, 2.05) is 0 Å². The summed E-state index contributed by atoms with van der Waals surface area (Å²) in [6.07, 6.45) is 0.851. The van der Waals surface area contributed by atoms with Crippen molar-refractivity contribution in [2.24, 2.45) is 0 Å². The van der Waals surface area contributed by atoms with Crippen LogP contribution in [0.2, 0.25) is 0 Å². The molecule has 5 atom stereocenters. The van der Waals surface area contributed by atoms with Crippen LogP contribution in [0.1, 0.15) is 46.9 Å². The van der Waals surface area contributed by atoms with Gasteiger partial charge >= 0.3 is 29.6 Å². The van der Waals surface area contributed by atoms with E-state index in [4.69, 9.17) is 14.6 Å². The first-order valence-electron chi connectivity index (χ1n) is 7.54. The Kier molecular flexibility index (Phi) is 12.7. The average molecular weight is 316 g/mol. The quantitative estimate of drug-likeness (QED) is 0.272. The maximum absolute atomic E-state index is 9.75. The molecule has 0 saturated carbocycles. The molecule has 122 valence electrons. The molecule has 1 fully saturated rings. The zero-order chi connectivity index (χ0) is 15.0. The fraction of sp³-hybridized carbons (Fsp3) is 1.00. The number of hydrogen-bond donors (Lipinski definition) is 4. The van der Waals surface area contributed by atoms with Crippen molar-refractivity contribution in [2.45, 2.75) is 76.2 Å². The van der Waals surface area contributed by atoms with Gasteiger partial charge in [0.15, 0.2) is 6.29 Å². The molecule has 21 heavy (non-hydrogen) atoms. The van der Waals surface area contributed by atoms with E-state index < -0.39 is 37.3 Å². The Labute approximate surface area is 150 Å². The van der Waals surface area contributed by atoms with Crippen molar-refractivity contribution in [3.8, 4) is 0 Å². The average Bonchev–Trinajstić information content (AvgIpc) is 2.46. The maximum atomic E-state index is 9.75. The molecule has 0 aromatic heterocycles. The Balaban J connectivity index is 0. The molecule has 7 heteroatoms. The summed E-state index contributed by atoms with van der Waals surface area (Å²) in [6, 6.07) is 0. The van der Waals surface area contributed by atoms with E-state index in [-0.39, 0.29) is 31.0 Å². The molecule has 0 amide bonds. The molecule has 1 heterocycles. The van der Waals surface area contributed by atoms with Crippen LogP contribution in [0.5, 0.6) is 0 Å². The summed E-state index contributed by atoms with van der Waals surface area (Å²) in [5, 5.41) is 38.0. The summed E-state index contributed by atoms with van der Waals surface area (Å²) in [6.45, 7) is 2.17. The van der Waals surface area contributed by atoms with Gasteiger partial charge in [-0.1, -0.05) is 39.0 Å². The molecule has 1 aliphatic rings. The summed E-state index contributed by atoms with van der Waals surface area (Å²) in [4.78, 5) is 0.